The molecular formula is C62H40N6. The highest BCUT2D eigenvalue weighted by molar-refractivity contribution is 6.19. The van der Waals surface area contributed by atoms with Gasteiger partial charge in [-0.3, -0.25) is 4.57 Å². The number of benzene rings is 9. The summed E-state index contributed by atoms with van der Waals surface area (Å²) >= 11 is 0. The Morgan fingerprint density at radius 3 is 1.29 bits per heavy atom. The Bertz CT molecular complexity index is 3930. The maximum Gasteiger partial charge on any atom is 0.238 e. The van der Waals surface area contributed by atoms with Crippen LogP contribution in [0.2, 0.25) is 0 Å². The molecule has 6 heteroatoms. The first-order valence-corrected chi connectivity index (χ1v) is 22.9. The fourth-order valence-corrected chi connectivity index (χ4v) is 9.72. The van der Waals surface area contributed by atoms with Crippen molar-refractivity contribution in [3.05, 3.63) is 243 Å². The van der Waals surface area contributed by atoms with Crippen LogP contribution in [0.1, 0.15) is 0 Å². The van der Waals surface area contributed by atoms with Crippen molar-refractivity contribution in [2.45, 2.75) is 0 Å². The highest BCUT2D eigenvalue weighted by Crippen LogP contribution is 2.40. The Labute approximate surface area is 392 Å². The van der Waals surface area contributed by atoms with Gasteiger partial charge in [-0.25, -0.2) is 9.97 Å². The van der Waals surface area contributed by atoms with E-state index in [0.29, 0.717) is 17.6 Å². The summed E-state index contributed by atoms with van der Waals surface area (Å²) < 4.78 is 4.59. The number of para-hydroxylation sites is 2. The number of aromatic nitrogens is 6. The van der Waals surface area contributed by atoms with Gasteiger partial charge in [0, 0.05) is 49.5 Å². The minimum Gasteiger partial charge on any atom is -0.309 e. The first-order chi connectivity index (χ1) is 33.7. The number of fused-ring (bicyclic) bond motifs is 6. The molecule has 0 saturated carbocycles. The molecule has 0 unspecified atom stereocenters. The zero-order valence-corrected chi connectivity index (χ0v) is 36.8. The molecule has 0 atom stereocenters. The van der Waals surface area contributed by atoms with Crippen molar-refractivity contribution in [1.82, 2.24) is 29.1 Å². The predicted molar refractivity (Wildman–Crippen MR) is 279 cm³/mol. The molecule has 13 aromatic rings. The van der Waals surface area contributed by atoms with Gasteiger partial charge in [0.25, 0.3) is 0 Å². The van der Waals surface area contributed by atoms with Gasteiger partial charge in [-0.1, -0.05) is 188 Å². The van der Waals surface area contributed by atoms with E-state index in [2.05, 4.69) is 185 Å². The van der Waals surface area contributed by atoms with Crippen molar-refractivity contribution in [2.75, 3.05) is 0 Å². The number of pyridine rings is 1. The molecule has 0 aliphatic rings. The third-order valence-electron chi connectivity index (χ3n) is 13.0. The molecule has 0 N–H and O–H groups in total. The summed E-state index contributed by atoms with van der Waals surface area (Å²) in [5.74, 6) is 1.80. The Balaban J connectivity index is 0.980. The minimum atomic E-state index is 0.564. The number of nitrogens with zero attached hydrogens (tertiary/aromatic N) is 6. The molecule has 13 rings (SSSR count). The van der Waals surface area contributed by atoms with Crippen LogP contribution in [0.3, 0.4) is 0 Å². The van der Waals surface area contributed by atoms with Gasteiger partial charge in [-0.15, -0.1) is 0 Å². The maximum atomic E-state index is 5.25. The summed E-state index contributed by atoms with van der Waals surface area (Å²) in [7, 11) is 0. The van der Waals surface area contributed by atoms with Crippen LogP contribution in [0.25, 0.3) is 123 Å². The normalized spacial score (nSPS) is 11.5. The Hall–Kier alpha value is -9.26. The molecule has 4 aromatic heterocycles. The van der Waals surface area contributed by atoms with Crippen LogP contribution in [-0.2, 0) is 0 Å². The van der Waals surface area contributed by atoms with E-state index in [1.165, 1.54) is 16.3 Å². The third-order valence-corrected chi connectivity index (χ3v) is 13.0. The van der Waals surface area contributed by atoms with Crippen LogP contribution in [0.5, 0.6) is 0 Å². The quantitative estimate of drug-likeness (QED) is 0.153. The fraction of sp³-hybridized carbons (Fsp3) is 0. The van der Waals surface area contributed by atoms with Crippen LogP contribution < -0.4 is 0 Å². The number of rotatable bonds is 8. The van der Waals surface area contributed by atoms with Crippen LogP contribution in [0.4, 0.5) is 0 Å². The average Bonchev–Trinajstić information content (AvgIpc) is 3.93. The molecule has 4 heterocycles. The molecule has 0 aliphatic heterocycles. The summed E-state index contributed by atoms with van der Waals surface area (Å²) in [6.07, 6.45) is 0. The predicted octanol–water partition coefficient (Wildman–Crippen LogP) is 15.5. The van der Waals surface area contributed by atoms with Gasteiger partial charge in [0.15, 0.2) is 11.6 Å². The lowest BCUT2D eigenvalue weighted by Crippen LogP contribution is -2.06. The molecule has 68 heavy (non-hydrogen) atoms. The van der Waals surface area contributed by atoms with Crippen LogP contribution in [0, 0.1) is 0 Å². The minimum absolute atomic E-state index is 0.564. The second-order valence-corrected chi connectivity index (χ2v) is 17.1. The van der Waals surface area contributed by atoms with Gasteiger partial charge in [-0.05, 0) is 76.9 Å². The van der Waals surface area contributed by atoms with Crippen molar-refractivity contribution >= 4 is 43.6 Å². The van der Waals surface area contributed by atoms with E-state index < -0.39 is 0 Å². The summed E-state index contributed by atoms with van der Waals surface area (Å²) in [6.45, 7) is 0. The molecule has 0 radical (unpaired) electrons. The topological polar surface area (TPSA) is 61.4 Å². The van der Waals surface area contributed by atoms with E-state index in [-0.39, 0.29) is 0 Å². The van der Waals surface area contributed by atoms with Gasteiger partial charge in [0.1, 0.15) is 0 Å². The van der Waals surface area contributed by atoms with Crippen molar-refractivity contribution in [3.63, 3.8) is 0 Å². The van der Waals surface area contributed by atoms with E-state index in [9.17, 15) is 0 Å². The summed E-state index contributed by atoms with van der Waals surface area (Å²) in [5, 5.41) is 4.63. The lowest BCUT2D eigenvalue weighted by Gasteiger charge is -2.13. The van der Waals surface area contributed by atoms with E-state index in [1.54, 1.807) is 0 Å². The van der Waals surface area contributed by atoms with Crippen molar-refractivity contribution in [3.8, 4) is 79.2 Å². The maximum absolute atomic E-state index is 5.25. The van der Waals surface area contributed by atoms with Gasteiger partial charge >= 0.3 is 0 Å². The van der Waals surface area contributed by atoms with Crippen molar-refractivity contribution in [2.24, 2.45) is 0 Å². The average molecular weight is 869 g/mol. The smallest absolute Gasteiger partial charge is 0.238 e. The van der Waals surface area contributed by atoms with Gasteiger partial charge < -0.3 is 4.57 Å². The van der Waals surface area contributed by atoms with Gasteiger partial charge in [0.05, 0.1) is 33.5 Å². The second-order valence-electron chi connectivity index (χ2n) is 17.1. The third kappa shape index (κ3) is 6.82. The van der Waals surface area contributed by atoms with Crippen molar-refractivity contribution < 1.29 is 0 Å². The molecule has 0 bridgehead atoms. The molecular weight excluding hydrogens is 829 g/mol. The molecule has 9 aromatic carbocycles. The zero-order valence-electron chi connectivity index (χ0n) is 36.8. The Morgan fingerprint density at radius 1 is 0.235 bits per heavy atom. The van der Waals surface area contributed by atoms with E-state index in [1.807, 2.05) is 66.7 Å². The lowest BCUT2D eigenvalue weighted by atomic mass is 9.97. The zero-order chi connectivity index (χ0) is 45.0. The van der Waals surface area contributed by atoms with Crippen LogP contribution in [0.15, 0.2) is 243 Å². The first-order valence-electron chi connectivity index (χ1n) is 22.9. The van der Waals surface area contributed by atoms with Crippen molar-refractivity contribution in [1.29, 1.82) is 0 Å². The second kappa shape index (κ2) is 16.3. The van der Waals surface area contributed by atoms with E-state index in [4.69, 9.17) is 19.9 Å². The summed E-state index contributed by atoms with van der Waals surface area (Å²) in [4.78, 5) is 20.7. The largest absolute Gasteiger partial charge is 0.309 e. The number of hydrogen-bond acceptors (Lipinski definition) is 4. The molecule has 0 amide bonds. The highest BCUT2D eigenvalue weighted by Gasteiger charge is 2.21. The summed E-state index contributed by atoms with van der Waals surface area (Å²) in [5.41, 5.74) is 15.7. The standard InChI is InChI=1S/C62H40N6/c1-5-18-41(19-6-1)46-26-17-27-47(36-46)55-38-48(37-54(63-55)43-20-7-2-8-21-43)42-32-34-49(35-33-42)67-56-30-15-13-28-50(56)52-39-53-51-29-14-16-31-57(51)68(59(53)40-58(52)67)62-65-60(44-22-9-3-10-23-44)64-61(66-62)45-24-11-4-12-25-45/h1-40H. The van der Waals surface area contributed by atoms with Crippen LogP contribution >= 0.6 is 0 Å². The van der Waals surface area contributed by atoms with E-state index >= 15 is 0 Å². The SMILES string of the molecule is c1ccc(-c2cccc(-c3cc(-c4ccc(-n5c6ccccc6c6cc7c8ccccc8n(-c8nc(-c9ccccc9)nc(-c9ccccc9)n8)c7cc65)cc4)cc(-c4ccccc4)n3)c2)cc1. The first kappa shape index (κ1) is 39.1. The molecule has 6 nitrogen and oxygen atoms in total. The Kier molecular flexibility index (Phi) is 9.39. The molecule has 318 valence electrons. The Morgan fingerprint density at radius 2 is 0.691 bits per heavy atom. The monoisotopic (exact) mass is 868 g/mol. The van der Waals surface area contributed by atoms with Crippen LogP contribution in [-0.4, -0.2) is 29.1 Å². The molecule has 0 saturated heterocycles. The highest BCUT2D eigenvalue weighted by atomic mass is 15.2. The van der Waals surface area contributed by atoms with Gasteiger partial charge in [-0.2, -0.15) is 9.97 Å². The fourth-order valence-electron chi connectivity index (χ4n) is 9.72. The molecule has 0 spiro atoms. The number of hydrogen-bond donors (Lipinski definition) is 0. The lowest BCUT2D eigenvalue weighted by molar-refractivity contribution is 0.953. The van der Waals surface area contributed by atoms with Gasteiger partial charge in [0.2, 0.25) is 5.95 Å². The van der Waals surface area contributed by atoms with E-state index in [0.717, 1.165) is 88.9 Å². The summed E-state index contributed by atoms with van der Waals surface area (Å²) in [6, 6.07) is 85.2. The molecule has 0 fully saturated rings. The molecule has 0 aliphatic carbocycles.